The van der Waals surface area contributed by atoms with Crippen molar-refractivity contribution >= 4 is 26.8 Å². The van der Waals surface area contributed by atoms with Crippen LogP contribution in [0.2, 0.25) is 0 Å². The fourth-order valence-electron chi connectivity index (χ4n) is 2.46. The molecule has 88 valence electrons. The van der Waals surface area contributed by atoms with Gasteiger partial charge in [-0.2, -0.15) is 0 Å². The van der Waals surface area contributed by atoms with Crippen molar-refractivity contribution in [1.29, 1.82) is 0 Å². The van der Waals surface area contributed by atoms with E-state index in [4.69, 9.17) is 0 Å². The van der Waals surface area contributed by atoms with E-state index in [1.54, 1.807) is 6.33 Å². The molecule has 0 bridgehead atoms. The van der Waals surface area contributed by atoms with Gasteiger partial charge in [0.05, 0.1) is 11.2 Å². The van der Waals surface area contributed by atoms with E-state index in [-0.39, 0.29) is 0 Å². The number of aromatic nitrogens is 2. The van der Waals surface area contributed by atoms with Gasteiger partial charge < -0.3 is 5.32 Å². The normalized spacial score (nSPS) is 20.6. The van der Waals surface area contributed by atoms with Crippen LogP contribution in [0.3, 0.4) is 0 Å². The lowest BCUT2D eigenvalue weighted by Crippen LogP contribution is -2.29. The van der Waals surface area contributed by atoms with Crippen molar-refractivity contribution in [2.45, 2.75) is 18.8 Å². The SMILES string of the molecule is Brc1ccc2c(C3CCCNC3)ncnc2c1. The molecule has 1 aliphatic heterocycles. The lowest BCUT2D eigenvalue weighted by molar-refractivity contribution is 0.456. The molecule has 1 aromatic heterocycles. The maximum absolute atomic E-state index is 4.49. The lowest BCUT2D eigenvalue weighted by atomic mass is 9.93. The van der Waals surface area contributed by atoms with Gasteiger partial charge in [-0.1, -0.05) is 15.9 Å². The van der Waals surface area contributed by atoms with Gasteiger partial charge in [-0.05, 0) is 37.6 Å². The smallest absolute Gasteiger partial charge is 0.116 e. The van der Waals surface area contributed by atoms with Crippen LogP contribution in [-0.4, -0.2) is 23.1 Å². The summed E-state index contributed by atoms with van der Waals surface area (Å²) in [6.45, 7) is 2.16. The van der Waals surface area contributed by atoms with Crippen LogP contribution < -0.4 is 5.32 Å². The number of rotatable bonds is 1. The van der Waals surface area contributed by atoms with Crippen LogP contribution in [0, 0.1) is 0 Å². The van der Waals surface area contributed by atoms with Gasteiger partial charge >= 0.3 is 0 Å². The number of nitrogens with one attached hydrogen (secondary N) is 1. The Morgan fingerprint density at radius 1 is 1.29 bits per heavy atom. The number of benzene rings is 1. The molecule has 1 fully saturated rings. The third-order valence-electron chi connectivity index (χ3n) is 3.31. The third kappa shape index (κ3) is 2.19. The summed E-state index contributed by atoms with van der Waals surface area (Å²) in [6.07, 6.45) is 4.13. The molecular formula is C13H14BrN3. The molecule has 17 heavy (non-hydrogen) atoms. The highest BCUT2D eigenvalue weighted by Crippen LogP contribution is 2.28. The summed E-state index contributed by atoms with van der Waals surface area (Å²) < 4.78 is 1.07. The van der Waals surface area contributed by atoms with Gasteiger partial charge in [0.25, 0.3) is 0 Å². The van der Waals surface area contributed by atoms with Crippen LogP contribution >= 0.6 is 15.9 Å². The molecule has 0 aliphatic carbocycles. The van der Waals surface area contributed by atoms with E-state index in [2.05, 4.69) is 49.4 Å². The largest absolute Gasteiger partial charge is 0.316 e. The molecule has 3 nitrogen and oxygen atoms in total. The molecular weight excluding hydrogens is 278 g/mol. The van der Waals surface area contributed by atoms with Gasteiger partial charge in [0.1, 0.15) is 6.33 Å². The van der Waals surface area contributed by atoms with Crippen molar-refractivity contribution in [3.05, 3.63) is 34.7 Å². The molecule has 1 aliphatic rings. The molecule has 0 radical (unpaired) electrons. The first-order chi connectivity index (χ1) is 8.34. The second-order valence-corrected chi connectivity index (χ2v) is 5.38. The van der Waals surface area contributed by atoms with Crippen LogP contribution in [0.25, 0.3) is 10.9 Å². The van der Waals surface area contributed by atoms with Gasteiger partial charge in [0, 0.05) is 22.3 Å². The van der Waals surface area contributed by atoms with E-state index in [0.717, 1.165) is 23.1 Å². The Morgan fingerprint density at radius 3 is 3.06 bits per heavy atom. The monoisotopic (exact) mass is 291 g/mol. The van der Waals surface area contributed by atoms with Gasteiger partial charge in [0.2, 0.25) is 0 Å². The molecule has 0 spiro atoms. The van der Waals surface area contributed by atoms with Crippen LogP contribution in [-0.2, 0) is 0 Å². The predicted molar refractivity (Wildman–Crippen MR) is 72.1 cm³/mol. The summed E-state index contributed by atoms with van der Waals surface area (Å²) in [5, 5.41) is 4.62. The fraction of sp³-hybridized carbons (Fsp3) is 0.385. The highest BCUT2D eigenvalue weighted by molar-refractivity contribution is 9.10. The van der Waals surface area contributed by atoms with E-state index in [1.807, 2.05) is 0 Å². The van der Waals surface area contributed by atoms with E-state index in [1.165, 1.54) is 23.9 Å². The van der Waals surface area contributed by atoms with Crippen LogP contribution in [0.5, 0.6) is 0 Å². The van der Waals surface area contributed by atoms with Crippen LogP contribution in [0.4, 0.5) is 0 Å². The minimum absolute atomic E-state index is 0.524. The van der Waals surface area contributed by atoms with Gasteiger partial charge in [0.15, 0.2) is 0 Å². The summed E-state index contributed by atoms with van der Waals surface area (Å²) >= 11 is 3.48. The maximum Gasteiger partial charge on any atom is 0.116 e. The summed E-state index contributed by atoms with van der Waals surface area (Å²) in [5.41, 5.74) is 2.21. The Labute approximate surface area is 109 Å². The van der Waals surface area contributed by atoms with Gasteiger partial charge in [-0.15, -0.1) is 0 Å². The summed E-state index contributed by atoms with van der Waals surface area (Å²) in [6, 6.07) is 6.23. The first-order valence-electron chi connectivity index (χ1n) is 5.95. The molecule has 1 N–H and O–H groups in total. The average molecular weight is 292 g/mol. The van der Waals surface area contributed by atoms with Crippen molar-refractivity contribution < 1.29 is 0 Å². The van der Waals surface area contributed by atoms with Crippen molar-refractivity contribution in [3.63, 3.8) is 0 Å². The third-order valence-corrected chi connectivity index (χ3v) is 3.81. The highest BCUT2D eigenvalue weighted by atomic mass is 79.9. The van der Waals surface area contributed by atoms with Crippen molar-refractivity contribution in [2.24, 2.45) is 0 Å². The molecule has 0 amide bonds. The Hall–Kier alpha value is -1.00. The van der Waals surface area contributed by atoms with Crippen LogP contribution in [0.15, 0.2) is 29.0 Å². The molecule has 3 rings (SSSR count). The van der Waals surface area contributed by atoms with Crippen molar-refractivity contribution in [2.75, 3.05) is 13.1 Å². The fourth-order valence-corrected chi connectivity index (χ4v) is 2.81. The topological polar surface area (TPSA) is 37.8 Å². The minimum atomic E-state index is 0.524. The molecule has 1 atom stereocenters. The van der Waals surface area contributed by atoms with Crippen LogP contribution in [0.1, 0.15) is 24.5 Å². The molecule has 1 aromatic carbocycles. The number of hydrogen-bond acceptors (Lipinski definition) is 3. The first-order valence-corrected chi connectivity index (χ1v) is 6.75. The molecule has 2 aromatic rings. The molecule has 2 heterocycles. The molecule has 1 unspecified atom stereocenters. The zero-order chi connectivity index (χ0) is 11.7. The molecule has 1 saturated heterocycles. The summed E-state index contributed by atoms with van der Waals surface area (Å²) in [4.78, 5) is 8.83. The highest BCUT2D eigenvalue weighted by Gasteiger charge is 2.18. The van der Waals surface area contributed by atoms with E-state index >= 15 is 0 Å². The standard InChI is InChI=1S/C13H14BrN3/c14-10-3-4-11-12(6-10)16-8-17-13(11)9-2-1-5-15-7-9/h3-4,6,8-9,15H,1-2,5,7H2. The van der Waals surface area contributed by atoms with E-state index in [0.29, 0.717) is 5.92 Å². The Kier molecular flexibility index (Phi) is 3.07. The van der Waals surface area contributed by atoms with Crippen molar-refractivity contribution in [1.82, 2.24) is 15.3 Å². The lowest BCUT2D eigenvalue weighted by Gasteiger charge is -2.23. The van der Waals surface area contributed by atoms with E-state index in [9.17, 15) is 0 Å². The second kappa shape index (κ2) is 4.70. The number of piperidine rings is 1. The zero-order valence-corrected chi connectivity index (χ0v) is 11.1. The molecule has 4 heteroatoms. The predicted octanol–water partition coefficient (Wildman–Crippen LogP) is 2.86. The number of nitrogens with zero attached hydrogens (tertiary/aromatic N) is 2. The number of halogens is 1. The average Bonchev–Trinajstić information content (AvgIpc) is 2.39. The second-order valence-electron chi connectivity index (χ2n) is 4.46. The zero-order valence-electron chi connectivity index (χ0n) is 9.49. The van der Waals surface area contributed by atoms with Gasteiger partial charge in [-0.3, -0.25) is 0 Å². The first kappa shape index (κ1) is 11.1. The maximum atomic E-state index is 4.49. The molecule has 0 saturated carbocycles. The van der Waals surface area contributed by atoms with Gasteiger partial charge in [-0.25, -0.2) is 9.97 Å². The quantitative estimate of drug-likeness (QED) is 0.878. The Bertz CT molecular complexity index is 535. The van der Waals surface area contributed by atoms with Crippen molar-refractivity contribution in [3.8, 4) is 0 Å². The summed E-state index contributed by atoms with van der Waals surface area (Å²) in [5.74, 6) is 0.524. The minimum Gasteiger partial charge on any atom is -0.316 e. The number of fused-ring (bicyclic) bond motifs is 1. The summed E-state index contributed by atoms with van der Waals surface area (Å²) in [7, 11) is 0. The number of hydrogen-bond donors (Lipinski definition) is 1. The Balaban J connectivity index is 2.09. The Morgan fingerprint density at radius 2 is 2.24 bits per heavy atom. The van der Waals surface area contributed by atoms with E-state index < -0.39 is 0 Å².